The fourth-order valence-electron chi connectivity index (χ4n) is 2.71. The molecule has 1 aromatic heterocycles. The standard InChI is InChI=1S/C20H20FN3O2S/c1-3-24(18-6-4-5-15(2)13-18)20-12-9-17(14-22-20)23-27(25,26)19-10-7-16(21)8-11-19/h4-14,23H,3H2,1-2H3. The van der Waals surface area contributed by atoms with E-state index < -0.39 is 15.8 Å². The molecule has 0 saturated carbocycles. The van der Waals surface area contributed by atoms with Gasteiger partial charge in [0.15, 0.2) is 0 Å². The van der Waals surface area contributed by atoms with E-state index in [1.54, 1.807) is 12.1 Å². The molecule has 2 aromatic carbocycles. The van der Waals surface area contributed by atoms with Gasteiger partial charge in [0.05, 0.1) is 16.8 Å². The van der Waals surface area contributed by atoms with E-state index in [9.17, 15) is 12.8 Å². The Labute approximate surface area is 158 Å². The van der Waals surface area contributed by atoms with Crippen molar-refractivity contribution >= 4 is 27.2 Å². The third kappa shape index (κ3) is 4.43. The summed E-state index contributed by atoms with van der Waals surface area (Å²) < 4.78 is 40.2. The molecule has 0 aliphatic carbocycles. The molecule has 1 heterocycles. The Bertz CT molecular complexity index is 1020. The van der Waals surface area contributed by atoms with Gasteiger partial charge in [0.2, 0.25) is 0 Å². The number of halogens is 1. The topological polar surface area (TPSA) is 62.3 Å². The van der Waals surface area contributed by atoms with E-state index in [1.165, 1.54) is 18.3 Å². The molecule has 0 amide bonds. The van der Waals surface area contributed by atoms with Crippen LogP contribution in [-0.4, -0.2) is 19.9 Å². The Kier molecular flexibility index (Phi) is 5.41. The number of hydrogen-bond donors (Lipinski definition) is 1. The third-order valence-electron chi connectivity index (χ3n) is 4.03. The molecule has 27 heavy (non-hydrogen) atoms. The van der Waals surface area contributed by atoms with Gasteiger partial charge in [0.25, 0.3) is 10.0 Å². The first-order valence-corrected chi connectivity index (χ1v) is 9.96. The zero-order chi connectivity index (χ0) is 19.4. The normalized spacial score (nSPS) is 11.2. The van der Waals surface area contributed by atoms with Crippen molar-refractivity contribution in [3.05, 3.63) is 78.2 Å². The summed E-state index contributed by atoms with van der Waals surface area (Å²) in [5.74, 6) is 0.226. The summed E-state index contributed by atoms with van der Waals surface area (Å²) in [5.41, 5.74) is 2.50. The van der Waals surface area contributed by atoms with Crippen molar-refractivity contribution in [1.82, 2.24) is 4.98 Å². The summed E-state index contributed by atoms with van der Waals surface area (Å²) in [5, 5.41) is 0. The van der Waals surface area contributed by atoms with Crippen molar-refractivity contribution in [3.63, 3.8) is 0 Å². The lowest BCUT2D eigenvalue weighted by Gasteiger charge is -2.22. The van der Waals surface area contributed by atoms with Crippen LogP contribution < -0.4 is 9.62 Å². The van der Waals surface area contributed by atoms with Gasteiger partial charge >= 0.3 is 0 Å². The van der Waals surface area contributed by atoms with Crippen molar-refractivity contribution in [3.8, 4) is 0 Å². The number of anilines is 3. The minimum Gasteiger partial charge on any atom is -0.327 e. The van der Waals surface area contributed by atoms with E-state index in [0.717, 1.165) is 29.9 Å². The number of nitrogens with one attached hydrogen (secondary N) is 1. The number of aromatic nitrogens is 1. The minimum absolute atomic E-state index is 0.0112. The second-order valence-corrected chi connectivity index (χ2v) is 7.73. The minimum atomic E-state index is -3.80. The molecule has 0 aliphatic heterocycles. The van der Waals surface area contributed by atoms with Crippen LogP contribution >= 0.6 is 0 Å². The molecular weight excluding hydrogens is 365 g/mol. The summed E-state index contributed by atoms with van der Waals surface area (Å²) in [7, 11) is -3.80. The molecule has 0 aliphatic rings. The van der Waals surface area contributed by atoms with Gasteiger partial charge in [-0.15, -0.1) is 0 Å². The highest BCUT2D eigenvalue weighted by Gasteiger charge is 2.15. The highest BCUT2D eigenvalue weighted by atomic mass is 32.2. The van der Waals surface area contributed by atoms with E-state index in [-0.39, 0.29) is 4.90 Å². The summed E-state index contributed by atoms with van der Waals surface area (Å²) in [6.07, 6.45) is 1.47. The summed E-state index contributed by atoms with van der Waals surface area (Å²) in [6.45, 7) is 4.77. The van der Waals surface area contributed by atoms with E-state index in [4.69, 9.17) is 0 Å². The number of nitrogens with zero attached hydrogens (tertiary/aromatic N) is 2. The molecule has 3 aromatic rings. The van der Waals surface area contributed by atoms with Gasteiger partial charge in [0.1, 0.15) is 11.6 Å². The number of rotatable bonds is 6. The molecule has 3 rings (SSSR count). The van der Waals surface area contributed by atoms with Gasteiger partial charge in [-0.05, 0) is 67.9 Å². The molecular formula is C20H20FN3O2S. The fraction of sp³-hybridized carbons (Fsp3) is 0.150. The number of benzene rings is 2. The number of pyridine rings is 1. The maximum Gasteiger partial charge on any atom is 0.261 e. The van der Waals surface area contributed by atoms with Crippen LogP contribution in [0, 0.1) is 12.7 Å². The van der Waals surface area contributed by atoms with E-state index in [2.05, 4.69) is 15.8 Å². The quantitative estimate of drug-likeness (QED) is 0.679. The molecule has 0 fully saturated rings. The molecule has 0 radical (unpaired) electrons. The molecule has 0 spiro atoms. The monoisotopic (exact) mass is 385 g/mol. The SMILES string of the molecule is CCN(c1cccc(C)c1)c1ccc(NS(=O)(=O)c2ccc(F)cc2)cn1. The molecule has 0 atom stereocenters. The van der Waals surface area contributed by atoms with Crippen LogP contribution in [0.15, 0.2) is 71.8 Å². The number of aryl methyl sites for hydroxylation is 1. The highest BCUT2D eigenvalue weighted by molar-refractivity contribution is 7.92. The van der Waals surface area contributed by atoms with Crippen molar-refractivity contribution in [2.75, 3.05) is 16.2 Å². The third-order valence-corrected chi connectivity index (χ3v) is 5.43. The molecule has 0 unspecified atom stereocenters. The maximum atomic E-state index is 13.0. The van der Waals surface area contributed by atoms with E-state index in [1.807, 2.05) is 36.9 Å². The van der Waals surface area contributed by atoms with Gasteiger partial charge in [0, 0.05) is 12.2 Å². The van der Waals surface area contributed by atoms with Crippen molar-refractivity contribution < 1.29 is 12.8 Å². The van der Waals surface area contributed by atoms with Crippen LogP contribution in [0.2, 0.25) is 0 Å². The Hall–Kier alpha value is -2.93. The zero-order valence-corrected chi connectivity index (χ0v) is 15.9. The lowest BCUT2D eigenvalue weighted by Crippen LogP contribution is -2.18. The fourth-order valence-corrected chi connectivity index (χ4v) is 3.75. The van der Waals surface area contributed by atoms with E-state index >= 15 is 0 Å². The molecule has 1 N–H and O–H groups in total. The summed E-state index contributed by atoms with van der Waals surface area (Å²) in [4.78, 5) is 6.41. The van der Waals surface area contributed by atoms with Gasteiger partial charge < -0.3 is 4.90 Å². The molecule has 0 bridgehead atoms. The van der Waals surface area contributed by atoms with Crippen LogP contribution in [0.1, 0.15) is 12.5 Å². The Balaban J connectivity index is 1.81. The van der Waals surface area contributed by atoms with Crippen LogP contribution in [0.5, 0.6) is 0 Å². The first kappa shape index (κ1) is 18.8. The largest absolute Gasteiger partial charge is 0.327 e. The Morgan fingerprint density at radius 2 is 1.81 bits per heavy atom. The van der Waals surface area contributed by atoms with Crippen LogP contribution in [0.3, 0.4) is 0 Å². The first-order valence-electron chi connectivity index (χ1n) is 8.48. The maximum absolute atomic E-state index is 13.0. The Morgan fingerprint density at radius 1 is 1.07 bits per heavy atom. The lowest BCUT2D eigenvalue weighted by molar-refractivity contribution is 0.599. The average Bonchev–Trinajstić information content (AvgIpc) is 2.64. The lowest BCUT2D eigenvalue weighted by atomic mass is 10.2. The summed E-state index contributed by atoms with van der Waals surface area (Å²) >= 11 is 0. The Morgan fingerprint density at radius 3 is 2.41 bits per heavy atom. The second-order valence-electron chi connectivity index (χ2n) is 6.05. The number of hydrogen-bond acceptors (Lipinski definition) is 4. The molecule has 140 valence electrons. The van der Waals surface area contributed by atoms with Crippen molar-refractivity contribution in [2.24, 2.45) is 0 Å². The second kappa shape index (κ2) is 7.75. The van der Waals surface area contributed by atoms with E-state index in [0.29, 0.717) is 11.5 Å². The molecule has 5 nitrogen and oxygen atoms in total. The predicted molar refractivity (Wildman–Crippen MR) is 105 cm³/mol. The van der Waals surface area contributed by atoms with Crippen molar-refractivity contribution in [1.29, 1.82) is 0 Å². The number of sulfonamides is 1. The van der Waals surface area contributed by atoms with Crippen LogP contribution in [0.25, 0.3) is 0 Å². The summed E-state index contributed by atoms with van der Waals surface area (Å²) in [6, 6.07) is 16.1. The molecule has 0 saturated heterocycles. The first-order chi connectivity index (χ1) is 12.9. The molecule has 7 heteroatoms. The van der Waals surface area contributed by atoms with Gasteiger partial charge in [-0.1, -0.05) is 12.1 Å². The highest BCUT2D eigenvalue weighted by Crippen LogP contribution is 2.25. The predicted octanol–water partition coefficient (Wildman–Crippen LogP) is 4.49. The average molecular weight is 385 g/mol. The smallest absolute Gasteiger partial charge is 0.261 e. The van der Waals surface area contributed by atoms with Crippen LogP contribution in [-0.2, 0) is 10.0 Å². The van der Waals surface area contributed by atoms with Crippen LogP contribution in [0.4, 0.5) is 21.6 Å². The van der Waals surface area contributed by atoms with Crippen molar-refractivity contribution in [2.45, 2.75) is 18.7 Å². The van der Waals surface area contributed by atoms with Gasteiger partial charge in [-0.3, -0.25) is 4.72 Å². The van der Waals surface area contributed by atoms with Gasteiger partial charge in [-0.2, -0.15) is 0 Å². The zero-order valence-electron chi connectivity index (χ0n) is 15.1. The van der Waals surface area contributed by atoms with Gasteiger partial charge in [-0.25, -0.2) is 17.8 Å².